The minimum absolute atomic E-state index is 0.0903. The molecule has 0 aliphatic carbocycles. The van der Waals surface area contributed by atoms with Gasteiger partial charge in [0.25, 0.3) is 0 Å². The van der Waals surface area contributed by atoms with Crippen molar-refractivity contribution in [3.05, 3.63) is 0 Å². The third-order valence-corrected chi connectivity index (χ3v) is 3.12. The Hall–Kier alpha value is -1.43. The smallest absolute Gasteiger partial charge is 0.249 e. The number of hydrogen-bond acceptors (Lipinski definition) is 4. The fourth-order valence-electron chi connectivity index (χ4n) is 2.12. The average molecular weight is 240 g/mol. The number of amides is 3. The van der Waals surface area contributed by atoms with Gasteiger partial charge in [-0.2, -0.15) is 0 Å². The molecule has 2 aliphatic heterocycles. The highest BCUT2D eigenvalue weighted by atomic mass is 16.5. The second-order valence-corrected chi connectivity index (χ2v) is 4.59. The highest BCUT2D eigenvalue weighted by molar-refractivity contribution is 6.01. The lowest BCUT2D eigenvalue weighted by Crippen LogP contribution is -2.53. The molecule has 2 heterocycles. The second-order valence-electron chi connectivity index (χ2n) is 4.59. The van der Waals surface area contributed by atoms with E-state index in [1.807, 2.05) is 6.92 Å². The number of hydrogen-bond donors (Lipinski definition) is 2. The topological polar surface area (TPSA) is 84.5 Å². The SMILES string of the molecule is CC1CC(C(=O)NC2CCC(=O)NC2=O)CO1. The number of nitrogens with one attached hydrogen (secondary N) is 2. The van der Waals surface area contributed by atoms with Gasteiger partial charge >= 0.3 is 0 Å². The van der Waals surface area contributed by atoms with Crippen molar-refractivity contribution < 1.29 is 19.1 Å². The molecule has 3 unspecified atom stereocenters. The Morgan fingerprint density at radius 2 is 2.24 bits per heavy atom. The Labute approximate surface area is 99.1 Å². The highest BCUT2D eigenvalue weighted by Gasteiger charge is 2.33. The zero-order chi connectivity index (χ0) is 12.4. The predicted molar refractivity (Wildman–Crippen MR) is 57.8 cm³/mol. The molecule has 2 rings (SSSR count). The van der Waals surface area contributed by atoms with Crippen LogP contribution in [0, 0.1) is 5.92 Å². The molecule has 2 aliphatic rings. The van der Waals surface area contributed by atoms with Crippen molar-refractivity contribution >= 4 is 17.7 Å². The number of carbonyl (C=O) groups is 3. The standard InChI is InChI=1S/C11H16N2O4/c1-6-4-7(5-17-6)10(15)12-8-2-3-9(14)13-11(8)16/h6-8H,2-5H2,1H3,(H,12,15)(H,13,14,16). The molecular weight excluding hydrogens is 224 g/mol. The molecule has 2 fully saturated rings. The summed E-state index contributed by atoms with van der Waals surface area (Å²) in [6.45, 7) is 2.32. The summed E-state index contributed by atoms with van der Waals surface area (Å²) in [7, 11) is 0. The summed E-state index contributed by atoms with van der Waals surface area (Å²) in [6.07, 6.45) is 1.42. The van der Waals surface area contributed by atoms with Crippen LogP contribution < -0.4 is 10.6 Å². The molecule has 0 radical (unpaired) electrons. The van der Waals surface area contributed by atoms with E-state index in [1.54, 1.807) is 0 Å². The lowest BCUT2D eigenvalue weighted by Gasteiger charge is -2.22. The minimum atomic E-state index is -0.587. The first kappa shape index (κ1) is 12.0. The van der Waals surface area contributed by atoms with Gasteiger partial charge in [-0.25, -0.2) is 0 Å². The molecule has 2 N–H and O–H groups in total. The van der Waals surface area contributed by atoms with E-state index in [0.29, 0.717) is 19.4 Å². The molecule has 0 aromatic carbocycles. The first-order chi connectivity index (χ1) is 8.06. The zero-order valence-corrected chi connectivity index (χ0v) is 9.69. The van der Waals surface area contributed by atoms with Crippen LogP contribution in [0.2, 0.25) is 0 Å². The van der Waals surface area contributed by atoms with E-state index in [-0.39, 0.29) is 30.3 Å². The van der Waals surface area contributed by atoms with Gasteiger partial charge in [-0.3, -0.25) is 19.7 Å². The van der Waals surface area contributed by atoms with Crippen molar-refractivity contribution in [2.24, 2.45) is 5.92 Å². The van der Waals surface area contributed by atoms with Crippen LogP contribution in [0.4, 0.5) is 0 Å². The van der Waals surface area contributed by atoms with Gasteiger partial charge in [0.2, 0.25) is 17.7 Å². The van der Waals surface area contributed by atoms with E-state index < -0.39 is 11.9 Å². The van der Waals surface area contributed by atoms with E-state index in [4.69, 9.17) is 4.74 Å². The zero-order valence-electron chi connectivity index (χ0n) is 9.69. The molecular formula is C11H16N2O4. The number of carbonyl (C=O) groups excluding carboxylic acids is 3. The molecule has 17 heavy (non-hydrogen) atoms. The molecule has 0 aromatic heterocycles. The normalized spacial score (nSPS) is 33.4. The van der Waals surface area contributed by atoms with Crippen LogP contribution in [0.5, 0.6) is 0 Å². The van der Waals surface area contributed by atoms with Crippen LogP contribution in [0.3, 0.4) is 0 Å². The van der Waals surface area contributed by atoms with Gasteiger partial charge in [0.05, 0.1) is 18.6 Å². The van der Waals surface area contributed by atoms with Crippen molar-refractivity contribution in [3.63, 3.8) is 0 Å². The molecule has 0 spiro atoms. The molecule has 2 saturated heterocycles. The highest BCUT2D eigenvalue weighted by Crippen LogP contribution is 2.19. The lowest BCUT2D eigenvalue weighted by atomic mass is 10.0. The van der Waals surface area contributed by atoms with Gasteiger partial charge in [-0.1, -0.05) is 0 Å². The van der Waals surface area contributed by atoms with E-state index in [1.165, 1.54) is 0 Å². The van der Waals surface area contributed by atoms with Crippen LogP contribution in [-0.4, -0.2) is 36.5 Å². The van der Waals surface area contributed by atoms with Crippen molar-refractivity contribution in [1.82, 2.24) is 10.6 Å². The summed E-state index contributed by atoms with van der Waals surface area (Å²) in [5, 5.41) is 4.88. The molecule has 0 aromatic rings. The third kappa shape index (κ3) is 2.82. The average Bonchev–Trinajstić information content (AvgIpc) is 2.69. The van der Waals surface area contributed by atoms with Gasteiger partial charge in [-0.15, -0.1) is 0 Å². The summed E-state index contributed by atoms with van der Waals surface area (Å²) in [5.41, 5.74) is 0. The Balaban J connectivity index is 1.86. The first-order valence-corrected chi connectivity index (χ1v) is 5.82. The van der Waals surface area contributed by atoms with E-state index in [9.17, 15) is 14.4 Å². The Morgan fingerprint density at radius 1 is 1.47 bits per heavy atom. The fourth-order valence-corrected chi connectivity index (χ4v) is 2.12. The number of imide groups is 1. The summed E-state index contributed by atoms with van der Waals surface area (Å²) in [6, 6.07) is -0.587. The Bertz CT molecular complexity index is 355. The summed E-state index contributed by atoms with van der Waals surface area (Å²) >= 11 is 0. The van der Waals surface area contributed by atoms with Gasteiger partial charge in [0.1, 0.15) is 6.04 Å². The first-order valence-electron chi connectivity index (χ1n) is 5.82. The number of ether oxygens (including phenoxy) is 1. The predicted octanol–water partition coefficient (Wildman–Crippen LogP) is -0.667. The monoisotopic (exact) mass is 240 g/mol. The maximum atomic E-state index is 11.8. The molecule has 6 heteroatoms. The van der Waals surface area contributed by atoms with Crippen LogP contribution >= 0.6 is 0 Å². The lowest BCUT2D eigenvalue weighted by molar-refractivity contribution is -0.138. The summed E-state index contributed by atoms with van der Waals surface area (Å²) in [4.78, 5) is 34.2. The van der Waals surface area contributed by atoms with Crippen LogP contribution in [0.25, 0.3) is 0 Å². The van der Waals surface area contributed by atoms with Crippen molar-refractivity contribution in [2.75, 3.05) is 6.61 Å². The Kier molecular flexibility index (Phi) is 3.42. The maximum absolute atomic E-state index is 11.8. The Morgan fingerprint density at radius 3 is 2.82 bits per heavy atom. The third-order valence-electron chi connectivity index (χ3n) is 3.12. The van der Waals surface area contributed by atoms with Crippen LogP contribution in [0.1, 0.15) is 26.2 Å². The second kappa shape index (κ2) is 4.83. The van der Waals surface area contributed by atoms with Gasteiger partial charge in [0.15, 0.2) is 0 Å². The van der Waals surface area contributed by atoms with E-state index >= 15 is 0 Å². The molecule has 3 amide bonds. The van der Waals surface area contributed by atoms with Gasteiger partial charge in [0, 0.05) is 6.42 Å². The molecule has 3 atom stereocenters. The molecule has 0 bridgehead atoms. The van der Waals surface area contributed by atoms with Crippen molar-refractivity contribution in [1.29, 1.82) is 0 Å². The van der Waals surface area contributed by atoms with Crippen LogP contribution in [0.15, 0.2) is 0 Å². The molecule has 94 valence electrons. The molecule has 6 nitrogen and oxygen atoms in total. The van der Waals surface area contributed by atoms with E-state index in [0.717, 1.165) is 0 Å². The quantitative estimate of drug-likeness (QED) is 0.627. The fraction of sp³-hybridized carbons (Fsp3) is 0.727. The van der Waals surface area contributed by atoms with Crippen molar-refractivity contribution in [2.45, 2.75) is 38.3 Å². The number of piperidine rings is 1. The summed E-state index contributed by atoms with van der Waals surface area (Å²) in [5.74, 6) is -1.04. The summed E-state index contributed by atoms with van der Waals surface area (Å²) < 4.78 is 5.30. The van der Waals surface area contributed by atoms with Gasteiger partial charge in [-0.05, 0) is 19.8 Å². The minimum Gasteiger partial charge on any atom is -0.378 e. The largest absolute Gasteiger partial charge is 0.378 e. The number of rotatable bonds is 2. The van der Waals surface area contributed by atoms with Gasteiger partial charge < -0.3 is 10.1 Å². The maximum Gasteiger partial charge on any atom is 0.249 e. The molecule has 0 saturated carbocycles. The van der Waals surface area contributed by atoms with E-state index in [2.05, 4.69) is 10.6 Å². The van der Waals surface area contributed by atoms with Crippen LogP contribution in [-0.2, 0) is 19.1 Å². The van der Waals surface area contributed by atoms with Crippen molar-refractivity contribution in [3.8, 4) is 0 Å².